The molecule has 0 spiro atoms. The van der Waals surface area contributed by atoms with E-state index >= 15 is 8.78 Å². The van der Waals surface area contributed by atoms with Gasteiger partial charge in [0.1, 0.15) is 17.5 Å². The molecule has 170 valence electrons. The molecule has 2 aliphatic rings. The standard InChI is InChI=1S/C22H25F2N5O2S/c1-12-7-8-29(27-12)13-5-6-14(15(30)9-13)18-25-26-19(32-18)31-16-10-22(4)21(3,24)11-20(2,28-22)17(16)23/h5-9,16-17,28,30H,10-11H2,1-4H3. The first-order valence-corrected chi connectivity index (χ1v) is 11.3. The number of phenolic OH excluding ortho intramolecular Hbond substituents is 1. The molecule has 7 nitrogen and oxygen atoms in total. The molecule has 2 fully saturated rings. The van der Waals surface area contributed by atoms with Crippen molar-refractivity contribution >= 4 is 11.3 Å². The van der Waals surface area contributed by atoms with Gasteiger partial charge in [0.15, 0.2) is 11.2 Å². The number of fused-ring (bicyclic) bond motifs is 2. The van der Waals surface area contributed by atoms with E-state index in [-0.39, 0.29) is 23.8 Å². The van der Waals surface area contributed by atoms with Crippen molar-refractivity contribution in [1.82, 2.24) is 25.3 Å². The Morgan fingerprint density at radius 1 is 1.25 bits per heavy atom. The number of rotatable bonds is 4. The van der Waals surface area contributed by atoms with Crippen molar-refractivity contribution in [1.29, 1.82) is 0 Å². The summed E-state index contributed by atoms with van der Waals surface area (Å²) >= 11 is 1.11. The van der Waals surface area contributed by atoms with E-state index < -0.39 is 29.0 Å². The first-order valence-electron chi connectivity index (χ1n) is 10.5. The van der Waals surface area contributed by atoms with Gasteiger partial charge >= 0.3 is 0 Å². The van der Waals surface area contributed by atoms with Crippen LogP contribution in [0.2, 0.25) is 0 Å². The molecule has 5 atom stereocenters. The molecule has 5 unspecified atom stereocenters. The van der Waals surface area contributed by atoms with E-state index in [1.807, 2.05) is 25.3 Å². The first kappa shape index (κ1) is 21.3. The zero-order valence-electron chi connectivity index (χ0n) is 18.3. The Labute approximate surface area is 188 Å². The van der Waals surface area contributed by atoms with Gasteiger partial charge in [-0.15, -0.1) is 5.10 Å². The molecule has 2 aromatic heterocycles. The second-order valence-corrected chi connectivity index (χ2v) is 10.4. The molecular weight excluding hydrogens is 436 g/mol. The minimum atomic E-state index is -1.54. The maximum atomic E-state index is 15.3. The number of aromatic hydroxyl groups is 1. The summed E-state index contributed by atoms with van der Waals surface area (Å²) in [7, 11) is 0. The Morgan fingerprint density at radius 2 is 2.03 bits per heavy atom. The van der Waals surface area contributed by atoms with Gasteiger partial charge in [-0.05, 0) is 45.9 Å². The van der Waals surface area contributed by atoms with Crippen LogP contribution in [0.15, 0.2) is 30.5 Å². The number of aromatic nitrogens is 4. The van der Waals surface area contributed by atoms with Crippen LogP contribution in [0, 0.1) is 6.92 Å². The number of alkyl halides is 2. The number of nitrogens with one attached hydrogen (secondary N) is 1. The quantitative estimate of drug-likeness (QED) is 0.608. The summed E-state index contributed by atoms with van der Waals surface area (Å²) in [5.41, 5.74) is -1.37. The molecule has 2 aliphatic heterocycles. The summed E-state index contributed by atoms with van der Waals surface area (Å²) in [4.78, 5) is 0. The molecule has 2 bridgehead atoms. The number of phenols is 1. The predicted octanol–water partition coefficient (Wildman–Crippen LogP) is 4.13. The third-order valence-electron chi connectivity index (χ3n) is 6.81. The lowest BCUT2D eigenvalue weighted by molar-refractivity contribution is -0.0184. The van der Waals surface area contributed by atoms with E-state index in [9.17, 15) is 5.11 Å². The van der Waals surface area contributed by atoms with E-state index in [1.165, 1.54) is 6.92 Å². The molecule has 0 amide bonds. The lowest BCUT2D eigenvalue weighted by atomic mass is 9.81. The number of halogens is 2. The summed E-state index contributed by atoms with van der Waals surface area (Å²) in [6.07, 6.45) is -0.178. The van der Waals surface area contributed by atoms with Crippen LogP contribution in [0.5, 0.6) is 10.9 Å². The molecule has 3 aromatic rings. The largest absolute Gasteiger partial charge is 0.507 e. The molecule has 2 saturated heterocycles. The molecule has 1 aromatic carbocycles. The van der Waals surface area contributed by atoms with E-state index in [4.69, 9.17) is 4.74 Å². The maximum Gasteiger partial charge on any atom is 0.294 e. The second kappa shape index (κ2) is 6.95. The highest BCUT2D eigenvalue weighted by atomic mass is 32.1. The van der Waals surface area contributed by atoms with Crippen molar-refractivity contribution in [3.63, 3.8) is 0 Å². The Hall–Kier alpha value is -2.59. The number of nitrogens with zero attached hydrogens (tertiary/aromatic N) is 4. The third kappa shape index (κ3) is 3.27. The van der Waals surface area contributed by atoms with Crippen LogP contribution in [0.3, 0.4) is 0 Å². The molecule has 0 aliphatic carbocycles. The Bertz CT molecular complexity index is 1180. The Morgan fingerprint density at radius 3 is 2.72 bits per heavy atom. The van der Waals surface area contributed by atoms with Crippen LogP contribution in [-0.2, 0) is 0 Å². The highest BCUT2D eigenvalue weighted by Crippen LogP contribution is 2.52. The minimum absolute atomic E-state index is 0.0230. The van der Waals surface area contributed by atoms with E-state index in [0.29, 0.717) is 16.3 Å². The molecule has 0 radical (unpaired) electrons. The predicted molar refractivity (Wildman–Crippen MR) is 117 cm³/mol. The fourth-order valence-corrected chi connectivity index (χ4v) is 5.82. The number of hydrogen-bond donors (Lipinski definition) is 2. The minimum Gasteiger partial charge on any atom is -0.507 e. The van der Waals surface area contributed by atoms with Crippen molar-refractivity contribution in [2.45, 2.75) is 69.6 Å². The maximum absolute atomic E-state index is 15.3. The van der Waals surface area contributed by atoms with Gasteiger partial charge in [0.05, 0.1) is 28.0 Å². The zero-order chi connectivity index (χ0) is 22.9. The van der Waals surface area contributed by atoms with Gasteiger partial charge in [0.25, 0.3) is 5.19 Å². The molecular formula is C22H25F2N5O2S. The number of aryl methyl sites for hydroxylation is 1. The summed E-state index contributed by atoms with van der Waals surface area (Å²) in [5.74, 6) is 0.0230. The van der Waals surface area contributed by atoms with E-state index in [1.54, 1.807) is 30.7 Å². The fourth-order valence-electron chi connectivity index (χ4n) is 5.04. The highest BCUT2D eigenvalue weighted by molar-refractivity contribution is 7.16. The first-order chi connectivity index (χ1) is 15.0. The number of benzene rings is 1. The summed E-state index contributed by atoms with van der Waals surface area (Å²) in [6, 6.07) is 7.01. The van der Waals surface area contributed by atoms with Gasteiger partial charge in [-0.1, -0.05) is 16.4 Å². The highest BCUT2D eigenvalue weighted by Gasteiger charge is 2.66. The second-order valence-electron chi connectivity index (χ2n) is 9.49. The van der Waals surface area contributed by atoms with Crippen molar-refractivity contribution in [2.75, 3.05) is 0 Å². The Balaban J connectivity index is 1.37. The average molecular weight is 462 g/mol. The van der Waals surface area contributed by atoms with Crippen molar-refractivity contribution in [2.24, 2.45) is 0 Å². The van der Waals surface area contributed by atoms with Gasteiger partial charge in [0.2, 0.25) is 0 Å². The van der Waals surface area contributed by atoms with Crippen molar-refractivity contribution in [3.8, 4) is 27.2 Å². The molecule has 10 heteroatoms. The van der Waals surface area contributed by atoms with Gasteiger partial charge < -0.3 is 15.2 Å². The van der Waals surface area contributed by atoms with Crippen LogP contribution in [0.1, 0.15) is 39.3 Å². The number of ether oxygens (including phenoxy) is 1. The number of piperidine rings is 1. The van der Waals surface area contributed by atoms with E-state index in [0.717, 1.165) is 17.0 Å². The molecule has 2 N–H and O–H groups in total. The van der Waals surface area contributed by atoms with Crippen LogP contribution >= 0.6 is 11.3 Å². The van der Waals surface area contributed by atoms with Gasteiger partial charge in [-0.25, -0.2) is 13.5 Å². The molecule has 32 heavy (non-hydrogen) atoms. The van der Waals surface area contributed by atoms with Gasteiger partial charge in [0, 0.05) is 25.1 Å². The zero-order valence-corrected chi connectivity index (χ0v) is 19.1. The topological polar surface area (TPSA) is 85.1 Å². The third-order valence-corrected chi connectivity index (χ3v) is 7.66. The monoisotopic (exact) mass is 461 g/mol. The summed E-state index contributed by atoms with van der Waals surface area (Å²) in [6.45, 7) is 6.87. The van der Waals surface area contributed by atoms with Crippen LogP contribution < -0.4 is 10.1 Å². The lowest BCUT2D eigenvalue weighted by Crippen LogP contribution is -2.65. The van der Waals surface area contributed by atoms with Crippen LogP contribution in [0.4, 0.5) is 8.78 Å². The average Bonchev–Trinajstić information content (AvgIpc) is 3.37. The Kier molecular flexibility index (Phi) is 4.62. The number of hydrogen-bond acceptors (Lipinski definition) is 7. The van der Waals surface area contributed by atoms with Gasteiger partial charge in [-0.3, -0.25) is 0 Å². The van der Waals surface area contributed by atoms with Crippen molar-refractivity contribution in [3.05, 3.63) is 36.2 Å². The lowest BCUT2D eigenvalue weighted by Gasteiger charge is -2.44. The van der Waals surface area contributed by atoms with Crippen molar-refractivity contribution < 1.29 is 18.6 Å². The molecule has 5 rings (SSSR count). The van der Waals surface area contributed by atoms with Gasteiger partial charge in [-0.2, -0.15) is 5.10 Å². The smallest absolute Gasteiger partial charge is 0.294 e. The normalized spacial score (nSPS) is 34.1. The van der Waals surface area contributed by atoms with Crippen LogP contribution in [-0.4, -0.2) is 54.1 Å². The molecule has 0 saturated carbocycles. The fraction of sp³-hybridized carbons (Fsp3) is 0.500. The summed E-state index contributed by atoms with van der Waals surface area (Å²) < 4.78 is 38.0. The van der Waals surface area contributed by atoms with Crippen LogP contribution in [0.25, 0.3) is 16.3 Å². The summed E-state index contributed by atoms with van der Waals surface area (Å²) in [5, 5.41) is 26.8. The molecule has 4 heterocycles. The van der Waals surface area contributed by atoms with E-state index in [2.05, 4.69) is 20.6 Å². The SMILES string of the molecule is Cc1ccn(-c2ccc(-c3nnc(OC4CC5(C)NC(C)(CC5(C)F)C4F)s3)c(O)c2)n1.